The molecule has 6 fully saturated rings. The third-order valence-electron chi connectivity index (χ3n) is 15.8. The number of hydrogen-bond acceptors (Lipinski definition) is 16. The lowest BCUT2D eigenvalue weighted by molar-refractivity contribution is -0.109. The van der Waals surface area contributed by atoms with E-state index in [0.29, 0.717) is 75.3 Å². The van der Waals surface area contributed by atoms with Crippen molar-refractivity contribution in [1.29, 1.82) is 0 Å². The topological polar surface area (TPSA) is 189 Å². The van der Waals surface area contributed by atoms with Gasteiger partial charge in [-0.05, 0) is 154 Å². The number of esters is 4. The van der Waals surface area contributed by atoms with E-state index >= 15 is 8.78 Å². The Labute approximate surface area is 457 Å². The van der Waals surface area contributed by atoms with Gasteiger partial charge in [0.25, 0.3) is 0 Å². The van der Waals surface area contributed by atoms with Crippen LogP contribution in [0.1, 0.15) is 170 Å². The Morgan fingerprint density at radius 3 is 1.06 bits per heavy atom. The molecule has 2 amide bonds. The van der Waals surface area contributed by atoms with Crippen molar-refractivity contribution in [1.82, 2.24) is 19.6 Å². The third kappa shape index (κ3) is 15.5. The van der Waals surface area contributed by atoms with Gasteiger partial charge in [0.15, 0.2) is 0 Å². The van der Waals surface area contributed by atoms with Crippen molar-refractivity contribution < 1.29 is 75.4 Å². The normalized spacial score (nSPS) is 26.5. The lowest BCUT2D eigenvalue weighted by Gasteiger charge is -2.47. The molecule has 8 rings (SSSR count). The summed E-state index contributed by atoms with van der Waals surface area (Å²) < 4.78 is 73.5. The zero-order valence-corrected chi connectivity index (χ0v) is 47.2. The molecule has 2 aromatic rings. The van der Waals surface area contributed by atoms with Gasteiger partial charge in [0.2, 0.25) is 0 Å². The summed E-state index contributed by atoms with van der Waals surface area (Å²) in [5, 5.41) is 0. The largest absolute Gasteiger partial charge is 0.465 e. The maximum atomic E-state index is 15.4. The molecule has 20 heteroatoms. The van der Waals surface area contributed by atoms with Crippen LogP contribution in [0.4, 0.5) is 18.4 Å². The number of amides is 2. The predicted octanol–water partition coefficient (Wildman–Crippen LogP) is 8.67. The van der Waals surface area contributed by atoms with Gasteiger partial charge < -0.3 is 47.7 Å². The quantitative estimate of drug-likeness (QED) is 0.145. The van der Waals surface area contributed by atoms with Crippen LogP contribution in [0.25, 0.3) is 0 Å². The van der Waals surface area contributed by atoms with Crippen molar-refractivity contribution in [2.45, 2.75) is 178 Å². The summed E-state index contributed by atoms with van der Waals surface area (Å²) in [5.41, 5.74) is 0.762. The number of ether oxygens (including phenoxy) is 8. The van der Waals surface area contributed by atoms with Crippen LogP contribution in [-0.2, 0) is 37.9 Å². The van der Waals surface area contributed by atoms with E-state index in [9.17, 15) is 28.8 Å². The molecule has 432 valence electrons. The van der Waals surface area contributed by atoms with E-state index in [-0.39, 0.29) is 70.7 Å². The molecule has 4 saturated heterocycles. The van der Waals surface area contributed by atoms with Gasteiger partial charge in [-0.15, -0.1) is 0 Å². The molecule has 0 aromatic heterocycles. The number of benzene rings is 2. The van der Waals surface area contributed by atoms with Gasteiger partial charge in [-0.2, -0.15) is 0 Å². The van der Waals surface area contributed by atoms with Gasteiger partial charge in [-0.3, -0.25) is 9.80 Å². The van der Waals surface area contributed by atoms with Crippen LogP contribution < -0.4 is 0 Å². The van der Waals surface area contributed by atoms with Crippen molar-refractivity contribution in [3.05, 3.63) is 69.8 Å². The van der Waals surface area contributed by atoms with Gasteiger partial charge in [0.05, 0.1) is 75.1 Å². The molecule has 0 N–H and O–H groups in total. The number of alkyl halides is 2. The highest BCUT2D eigenvalue weighted by molar-refractivity contribution is 6.04. The van der Waals surface area contributed by atoms with E-state index in [1.165, 1.54) is 40.6 Å². The molecule has 4 heterocycles. The lowest BCUT2D eigenvalue weighted by Crippen LogP contribution is -2.54. The number of carbonyl (C=O) groups is 6. The van der Waals surface area contributed by atoms with Gasteiger partial charge in [0, 0.05) is 63.2 Å². The highest BCUT2D eigenvalue weighted by Gasteiger charge is 2.43. The van der Waals surface area contributed by atoms with Crippen LogP contribution in [0.15, 0.2) is 36.4 Å². The number of nitrogens with zero attached hydrogens (tertiary/aromatic N) is 4. The fourth-order valence-corrected chi connectivity index (χ4v) is 11.4. The number of piperidine rings is 4. The Balaban J connectivity index is 0.000000226. The molecular weight excluding hydrogens is 1010 g/mol. The molecule has 6 aliphatic rings. The maximum absolute atomic E-state index is 15.4. The van der Waals surface area contributed by atoms with E-state index in [1.54, 1.807) is 34.1 Å². The van der Waals surface area contributed by atoms with Crippen molar-refractivity contribution in [3.63, 3.8) is 0 Å². The molecule has 0 unspecified atom stereocenters. The molecule has 2 aromatic carbocycles. The molecule has 0 spiro atoms. The molecule has 4 aliphatic heterocycles. The first kappa shape index (κ1) is 60.2. The SMILES string of the molecule is COC(=O)c1ccc([C@@H]2CCN(C3CC(OC4CCN(C(=O)OC(C)(C)C)CC4)C3)C[C@@H]2F)cc1C(=O)OC.COC(=O)c1ccc([C@H]2CCN(C3CC(OC4CCN(C(=O)OC(C)(C)C)CC4)C3)C[C@H]2F)cc1C(=O)OC. The average molecular weight is 1100 g/mol. The van der Waals surface area contributed by atoms with Crippen molar-refractivity contribution in [3.8, 4) is 0 Å². The summed E-state index contributed by atoms with van der Waals surface area (Å²) in [4.78, 5) is 81.1. The standard InChI is InChI=1S/2C29H41FN2O7/c2*1-29(2,3)39-28(35)31-11-8-20(9-12-31)38-21-15-19(16-21)32-13-10-22(25(30)17-32)18-6-7-23(26(33)36-4)24(14-18)27(34)37-5/h2*6-7,14,19-22,25H,8-13,15-17H2,1-5H3/t2*19?,21?,22-,25-/m10/s1. The second-order valence-corrected chi connectivity index (χ2v) is 23.5. The van der Waals surface area contributed by atoms with Crippen LogP contribution in [-0.4, -0.2) is 197 Å². The molecule has 2 aliphatic carbocycles. The summed E-state index contributed by atoms with van der Waals surface area (Å²) in [7, 11) is 4.98. The Morgan fingerprint density at radius 1 is 0.449 bits per heavy atom. The first-order valence-electron chi connectivity index (χ1n) is 27.6. The summed E-state index contributed by atoms with van der Waals surface area (Å²) in [6.07, 6.45) is 5.78. The summed E-state index contributed by atoms with van der Waals surface area (Å²) in [5.74, 6) is -3.30. The molecule has 18 nitrogen and oxygen atoms in total. The summed E-state index contributed by atoms with van der Waals surface area (Å²) in [6.45, 7) is 15.9. The average Bonchev–Trinajstić information content (AvgIpc) is 3.42. The van der Waals surface area contributed by atoms with Gasteiger partial charge >= 0.3 is 36.1 Å². The zero-order valence-electron chi connectivity index (χ0n) is 47.2. The number of methoxy groups -OCH3 is 4. The maximum Gasteiger partial charge on any atom is 0.410 e. The van der Waals surface area contributed by atoms with Crippen molar-refractivity contribution >= 4 is 36.1 Å². The van der Waals surface area contributed by atoms with Crippen LogP contribution in [0, 0.1) is 0 Å². The van der Waals surface area contributed by atoms with Crippen LogP contribution in [0.2, 0.25) is 0 Å². The van der Waals surface area contributed by atoms with Crippen LogP contribution >= 0.6 is 0 Å². The molecule has 4 atom stereocenters. The lowest BCUT2D eigenvalue weighted by atomic mass is 9.82. The number of carbonyl (C=O) groups excluding carboxylic acids is 6. The summed E-state index contributed by atoms with van der Waals surface area (Å²) in [6, 6.07) is 10.1. The summed E-state index contributed by atoms with van der Waals surface area (Å²) >= 11 is 0. The smallest absolute Gasteiger partial charge is 0.410 e. The van der Waals surface area contributed by atoms with Gasteiger partial charge in [-0.1, -0.05) is 12.1 Å². The number of halogens is 2. The van der Waals surface area contributed by atoms with Crippen LogP contribution in [0.3, 0.4) is 0 Å². The van der Waals surface area contributed by atoms with E-state index in [2.05, 4.69) is 9.80 Å². The molecule has 0 radical (unpaired) electrons. The fourth-order valence-electron chi connectivity index (χ4n) is 11.4. The number of rotatable bonds is 12. The fraction of sp³-hybridized carbons (Fsp3) is 0.690. The second-order valence-electron chi connectivity index (χ2n) is 23.5. The van der Waals surface area contributed by atoms with E-state index in [1.807, 2.05) is 41.5 Å². The van der Waals surface area contributed by atoms with Crippen LogP contribution in [0.5, 0.6) is 0 Å². The van der Waals surface area contributed by atoms with E-state index < -0.39 is 47.4 Å². The number of hydrogen-bond donors (Lipinski definition) is 0. The first-order chi connectivity index (χ1) is 37.0. The van der Waals surface area contributed by atoms with E-state index in [0.717, 1.165) is 64.5 Å². The molecule has 0 bridgehead atoms. The monoisotopic (exact) mass is 1100 g/mol. The van der Waals surface area contributed by atoms with Gasteiger partial charge in [-0.25, -0.2) is 37.5 Å². The van der Waals surface area contributed by atoms with Crippen molar-refractivity contribution in [2.24, 2.45) is 0 Å². The molecule has 2 saturated carbocycles. The van der Waals surface area contributed by atoms with E-state index in [4.69, 9.17) is 37.9 Å². The highest BCUT2D eigenvalue weighted by atomic mass is 19.1. The predicted molar refractivity (Wildman–Crippen MR) is 283 cm³/mol. The minimum Gasteiger partial charge on any atom is -0.465 e. The number of likely N-dealkylation sites (tertiary alicyclic amines) is 4. The second kappa shape index (κ2) is 26.2. The van der Waals surface area contributed by atoms with Gasteiger partial charge in [0.1, 0.15) is 23.5 Å². The Bertz CT molecular complexity index is 2250. The Hall–Kier alpha value is -5.44. The minimum absolute atomic E-state index is 0.0902. The molecular formula is C58H82F2N4O14. The Kier molecular flexibility index (Phi) is 20.2. The zero-order chi connectivity index (χ0) is 56.6. The Morgan fingerprint density at radius 2 is 0.769 bits per heavy atom. The minimum atomic E-state index is -1.09. The molecule has 78 heavy (non-hydrogen) atoms. The highest BCUT2D eigenvalue weighted by Crippen LogP contribution is 2.40. The van der Waals surface area contributed by atoms with Crippen molar-refractivity contribution in [2.75, 3.05) is 80.8 Å². The first-order valence-corrected chi connectivity index (χ1v) is 27.6. The third-order valence-corrected chi connectivity index (χ3v) is 15.8.